The van der Waals surface area contributed by atoms with Gasteiger partial charge in [-0.2, -0.15) is 0 Å². The Kier molecular flexibility index (Phi) is 1.54. The van der Waals surface area contributed by atoms with E-state index < -0.39 is 5.97 Å². The number of benzene rings is 1. The third-order valence-corrected chi connectivity index (χ3v) is 2.67. The van der Waals surface area contributed by atoms with Gasteiger partial charge >= 0.3 is 5.97 Å². The maximum absolute atomic E-state index is 10.9. The molecule has 0 unspecified atom stereocenters. The number of aromatic carboxylic acids is 1. The summed E-state index contributed by atoms with van der Waals surface area (Å²) in [6.07, 6.45) is 0. The van der Waals surface area contributed by atoms with Crippen LogP contribution < -0.4 is 0 Å². The van der Waals surface area contributed by atoms with Crippen LogP contribution in [-0.2, 0) is 0 Å². The van der Waals surface area contributed by atoms with Crippen molar-refractivity contribution in [1.82, 2.24) is 10.2 Å². The van der Waals surface area contributed by atoms with E-state index >= 15 is 0 Å². The lowest BCUT2D eigenvalue weighted by Crippen LogP contribution is -1.96. The third-order valence-electron chi connectivity index (χ3n) is 2.67. The Labute approximate surface area is 89.7 Å². The molecule has 0 saturated heterocycles. The van der Waals surface area contributed by atoms with Gasteiger partial charge in [-0.1, -0.05) is 6.07 Å². The number of hydrogen-bond acceptors (Lipinski definition) is 2. The number of carbonyl (C=O) groups is 1. The molecule has 1 aliphatic heterocycles. The van der Waals surface area contributed by atoms with Crippen molar-refractivity contribution in [2.24, 2.45) is 0 Å². The molecule has 1 aromatic carbocycles. The molecular formula is C11H8N2O3. The van der Waals surface area contributed by atoms with Crippen LogP contribution in [0, 0.1) is 0 Å². The second kappa shape index (κ2) is 2.79. The van der Waals surface area contributed by atoms with E-state index in [4.69, 9.17) is 5.11 Å². The summed E-state index contributed by atoms with van der Waals surface area (Å²) in [5.41, 5.74) is 1.45. The van der Waals surface area contributed by atoms with Gasteiger partial charge in [0.25, 0.3) is 0 Å². The maximum Gasteiger partial charge on any atom is 0.354 e. The molecule has 4 N–H and O–H groups in total. The van der Waals surface area contributed by atoms with Gasteiger partial charge in [-0.25, -0.2) is 4.79 Å². The number of aromatic hydroxyl groups is 1. The molecule has 16 heavy (non-hydrogen) atoms. The van der Waals surface area contributed by atoms with Gasteiger partial charge in [-0.3, -0.25) is 10.2 Å². The SMILES string of the molecule is O=C(O)c1[nH][nH]c2c3cc(O)ccc3cc1-2. The Hall–Kier alpha value is -2.43. The van der Waals surface area contributed by atoms with Gasteiger partial charge in [-0.05, 0) is 23.6 Å². The lowest BCUT2D eigenvalue weighted by Gasteiger charge is -1.92. The number of fused-ring (bicyclic) bond motifs is 3. The average Bonchev–Trinajstić information content (AvgIpc) is 2.76. The molecule has 1 aliphatic carbocycles. The molecule has 0 saturated carbocycles. The lowest BCUT2D eigenvalue weighted by atomic mass is 10.2. The van der Waals surface area contributed by atoms with E-state index in [1.165, 1.54) is 0 Å². The second-order valence-electron chi connectivity index (χ2n) is 3.63. The zero-order chi connectivity index (χ0) is 11.3. The number of H-pyrrole nitrogens is 2. The summed E-state index contributed by atoms with van der Waals surface area (Å²) >= 11 is 0. The van der Waals surface area contributed by atoms with Crippen molar-refractivity contribution in [3.63, 3.8) is 0 Å². The molecule has 1 aromatic rings. The topological polar surface area (TPSA) is 89.1 Å². The molecule has 5 heteroatoms. The molecule has 3 rings (SSSR count). The van der Waals surface area contributed by atoms with Crippen LogP contribution in [0.25, 0.3) is 22.0 Å². The first-order valence-electron chi connectivity index (χ1n) is 4.72. The Bertz CT molecular complexity index is 665. The normalized spacial score (nSPS) is 11.2. The van der Waals surface area contributed by atoms with Crippen LogP contribution >= 0.6 is 0 Å². The number of carboxylic acid groups (broad SMARTS) is 1. The fourth-order valence-corrected chi connectivity index (χ4v) is 1.95. The summed E-state index contributed by atoms with van der Waals surface area (Å²) in [6, 6.07) is 6.71. The molecule has 80 valence electrons. The quantitative estimate of drug-likeness (QED) is 0.501. The number of aromatic nitrogens is 2. The number of rotatable bonds is 1. The van der Waals surface area contributed by atoms with Gasteiger partial charge in [0.1, 0.15) is 11.4 Å². The number of nitrogens with one attached hydrogen (secondary N) is 2. The fraction of sp³-hybridized carbons (Fsp3) is 0. The van der Waals surface area contributed by atoms with Crippen molar-refractivity contribution in [3.05, 3.63) is 30.0 Å². The van der Waals surface area contributed by atoms with E-state index in [2.05, 4.69) is 10.2 Å². The molecule has 0 amide bonds. The molecule has 0 fully saturated rings. The molecule has 2 aliphatic rings. The Morgan fingerprint density at radius 1 is 1.19 bits per heavy atom. The zero-order valence-electron chi connectivity index (χ0n) is 8.11. The van der Waals surface area contributed by atoms with Crippen LogP contribution in [0.1, 0.15) is 10.5 Å². The Balaban J connectivity index is 2.38. The van der Waals surface area contributed by atoms with Crippen molar-refractivity contribution in [2.45, 2.75) is 0 Å². The van der Waals surface area contributed by atoms with E-state index in [0.29, 0.717) is 11.3 Å². The average molecular weight is 216 g/mol. The van der Waals surface area contributed by atoms with Crippen LogP contribution in [0.3, 0.4) is 0 Å². The van der Waals surface area contributed by atoms with Gasteiger partial charge in [0.05, 0.1) is 5.69 Å². The maximum atomic E-state index is 10.9. The lowest BCUT2D eigenvalue weighted by molar-refractivity contribution is 0.0691. The highest BCUT2D eigenvalue weighted by Gasteiger charge is 2.20. The molecule has 0 aromatic heterocycles. The number of phenolic OH excluding ortho intramolecular Hbond substituents is 1. The van der Waals surface area contributed by atoms with E-state index in [1.807, 2.05) is 0 Å². The van der Waals surface area contributed by atoms with E-state index in [0.717, 1.165) is 10.8 Å². The largest absolute Gasteiger partial charge is 0.508 e. The standard InChI is InChI=1S/C11H8N2O3/c14-6-2-1-5-3-8-9(7(5)4-6)12-13-10(8)11(15)16/h1-4,12-14H,(H,15,16). The number of hydrogen-bond donors (Lipinski definition) is 4. The van der Waals surface area contributed by atoms with Crippen molar-refractivity contribution in [1.29, 1.82) is 0 Å². The van der Waals surface area contributed by atoms with Crippen molar-refractivity contribution < 1.29 is 15.0 Å². The highest BCUT2D eigenvalue weighted by Crippen LogP contribution is 2.36. The molecule has 0 radical (unpaired) electrons. The van der Waals surface area contributed by atoms with Crippen LogP contribution in [0.15, 0.2) is 24.3 Å². The summed E-state index contributed by atoms with van der Waals surface area (Å²) < 4.78 is 0. The summed E-state index contributed by atoms with van der Waals surface area (Å²) in [5, 5.41) is 25.4. The van der Waals surface area contributed by atoms with Gasteiger partial charge < -0.3 is 10.2 Å². The third kappa shape index (κ3) is 1.02. The van der Waals surface area contributed by atoms with Gasteiger partial charge in [-0.15, -0.1) is 0 Å². The second-order valence-corrected chi connectivity index (χ2v) is 3.63. The highest BCUT2D eigenvalue weighted by atomic mass is 16.4. The van der Waals surface area contributed by atoms with E-state index in [1.54, 1.807) is 24.3 Å². The molecular weight excluding hydrogens is 208 g/mol. The number of phenols is 1. The Morgan fingerprint density at radius 2 is 2.00 bits per heavy atom. The molecule has 1 heterocycles. The first-order valence-corrected chi connectivity index (χ1v) is 4.72. The first kappa shape index (κ1) is 8.84. The highest BCUT2D eigenvalue weighted by molar-refractivity contribution is 6.07. The van der Waals surface area contributed by atoms with E-state index in [9.17, 15) is 9.90 Å². The summed E-state index contributed by atoms with van der Waals surface area (Å²) in [7, 11) is 0. The monoisotopic (exact) mass is 216 g/mol. The Morgan fingerprint density at radius 3 is 2.75 bits per heavy atom. The minimum Gasteiger partial charge on any atom is -0.508 e. The van der Waals surface area contributed by atoms with Gasteiger partial charge in [0.2, 0.25) is 0 Å². The van der Waals surface area contributed by atoms with Crippen LogP contribution in [0.5, 0.6) is 5.75 Å². The van der Waals surface area contributed by atoms with Crippen LogP contribution in [0.2, 0.25) is 0 Å². The molecule has 0 spiro atoms. The summed E-state index contributed by atoms with van der Waals surface area (Å²) in [6.45, 7) is 0. The van der Waals surface area contributed by atoms with Crippen molar-refractivity contribution in [3.8, 4) is 17.0 Å². The molecule has 0 atom stereocenters. The smallest absolute Gasteiger partial charge is 0.354 e. The van der Waals surface area contributed by atoms with Crippen LogP contribution in [-0.4, -0.2) is 26.4 Å². The molecule has 5 nitrogen and oxygen atoms in total. The summed E-state index contributed by atoms with van der Waals surface area (Å²) in [5.74, 6) is -0.850. The summed E-state index contributed by atoms with van der Waals surface area (Å²) in [4.78, 5) is 10.9. The predicted octanol–water partition coefficient (Wildman–Crippen LogP) is 2.00. The van der Waals surface area contributed by atoms with Crippen LogP contribution in [0.4, 0.5) is 0 Å². The zero-order valence-corrected chi connectivity index (χ0v) is 8.11. The van der Waals surface area contributed by atoms with Gasteiger partial charge in [0.15, 0.2) is 0 Å². The fourth-order valence-electron chi connectivity index (χ4n) is 1.95. The molecule has 0 bridgehead atoms. The van der Waals surface area contributed by atoms with Crippen molar-refractivity contribution in [2.75, 3.05) is 0 Å². The number of aromatic amines is 2. The number of carboxylic acids is 1. The van der Waals surface area contributed by atoms with E-state index in [-0.39, 0.29) is 11.4 Å². The minimum absolute atomic E-state index is 0.130. The van der Waals surface area contributed by atoms with Gasteiger partial charge in [0, 0.05) is 10.9 Å². The minimum atomic E-state index is -1.01. The predicted molar refractivity (Wildman–Crippen MR) is 57.9 cm³/mol. The van der Waals surface area contributed by atoms with Crippen molar-refractivity contribution >= 4 is 16.7 Å². The first-order chi connectivity index (χ1) is 7.66.